The van der Waals surface area contributed by atoms with Gasteiger partial charge in [-0.3, -0.25) is 9.78 Å². The van der Waals surface area contributed by atoms with Crippen LogP contribution in [-0.2, 0) is 16.8 Å². The number of carboxylic acid groups (broad SMARTS) is 1. The average Bonchev–Trinajstić information content (AvgIpc) is 3.48. The monoisotopic (exact) mass is 660 g/mol. The molecule has 3 heterocycles. The van der Waals surface area contributed by atoms with Crippen LogP contribution < -0.4 is 15.5 Å². The molecular weight excluding hydrogens is 626 g/mol. The second-order valence-electron chi connectivity index (χ2n) is 13.4. The molecule has 1 spiro atoms. The van der Waals surface area contributed by atoms with Gasteiger partial charge in [-0.05, 0) is 71.0 Å². The lowest BCUT2D eigenvalue weighted by Gasteiger charge is -2.40. The van der Waals surface area contributed by atoms with E-state index in [1.807, 2.05) is 18.2 Å². The minimum absolute atomic E-state index is 0.0111. The summed E-state index contributed by atoms with van der Waals surface area (Å²) in [5.41, 5.74) is 2.92. The molecule has 46 heavy (non-hydrogen) atoms. The lowest BCUT2D eigenvalue weighted by molar-refractivity contribution is -0.118. The van der Waals surface area contributed by atoms with Crippen LogP contribution in [0.1, 0.15) is 60.2 Å². The van der Waals surface area contributed by atoms with Gasteiger partial charge in [0.05, 0.1) is 28.5 Å². The SMILES string of the molecule is CC(C)(C)C[C@@H]1N[C@@H](C(=O)Nc2cccnc2)[C@H](c2cccc(Cl)c2F)[C@]12CN(Cc1ccc(C(=O)O)cc1)c1cc(Cl)ccc12. The van der Waals surface area contributed by atoms with E-state index in [1.165, 1.54) is 6.07 Å². The third-order valence-electron chi connectivity index (χ3n) is 9.06. The second-order valence-corrected chi connectivity index (χ2v) is 14.2. The Labute approximate surface area is 277 Å². The minimum Gasteiger partial charge on any atom is -0.478 e. The zero-order valence-corrected chi connectivity index (χ0v) is 27.2. The number of carbonyl (C=O) groups excluding carboxylic acids is 1. The molecule has 0 unspecified atom stereocenters. The van der Waals surface area contributed by atoms with Gasteiger partial charge in [0.25, 0.3) is 0 Å². The molecule has 3 aromatic carbocycles. The van der Waals surface area contributed by atoms with Gasteiger partial charge in [-0.15, -0.1) is 0 Å². The van der Waals surface area contributed by atoms with Gasteiger partial charge in [-0.1, -0.05) is 74.3 Å². The highest BCUT2D eigenvalue weighted by atomic mass is 35.5. The van der Waals surface area contributed by atoms with Crippen LogP contribution in [0.25, 0.3) is 0 Å². The summed E-state index contributed by atoms with van der Waals surface area (Å²) in [5, 5.41) is 16.6. The van der Waals surface area contributed by atoms with Crippen LogP contribution in [0.15, 0.2) is 85.2 Å². The van der Waals surface area contributed by atoms with Crippen molar-refractivity contribution in [2.75, 3.05) is 16.8 Å². The Bertz CT molecular complexity index is 1780. The van der Waals surface area contributed by atoms with Crippen molar-refractivity contribution in [2.45, 2.75) is 57.2 Å². The topological polar surface area (TPSA) is 94.6 Å². The number of nitrogens with one attached hydrogen (secondary N) is 2. The van der Waals surface area contributed by atoms with Gasteiger partial charge < -0.3 is 20.6 Å². The van der Waals surface area contributed by atoms with Crippen molar-refractivity contribution in [2.24, 2.45) is 5.41 Å². The number of aromatic carboxylic acids is 1. The highest BCUT2D eigenvalue weighted by molar-refractivity contribution is 6.31. The molecular formula is C36H35Cl2FN4O3. The molecule has 10 heteroatoms. The second kappa shape index (κ2) is 12.3. The van der Waals surface area contributed by atoms with Crippen LogP contribution in [-0.4, -0.2) is 40.6 Å². The quantitative estimate of drug-likeness (QED) is 0.188. The summed E-state index contributed by atoms with van der Waals surface area (Å²) in [7, 11) is 0. The van der Waals surface area contributed by atoms with E-state index in [9.17, 15) is 14.7 Å². The molecule has 6 rings (SSSR count). The Morgan fingerprint density at radius 3 is 2.52 bits per heavy atom. The number of pyridine rings is 1. The van der Waals surface area contributed by atoms with Crippen LogP contribution in [0.4, 0.5) is 15.8 Å². The van der Waals surface area contributed by atoms with Crippen LogP contribution in [0.5, 0.6) is 0 Å². The molecule has 4 aromatic rings. The largest absolute Gasteiger partial charge is 0.478 e. The molecule has 2 aliphatic rings. The number of nitrogens with zero attached hydrogens (tertiary/aromatic N) is 2. The van der Waals surface area contributed by atoms with Crippen molar-refractivity contribution in [3.8, 4) is 0 Å². The number of rotatable bonds is 7. The predicted molar refractivity (Wildman–Crippen MR) is 179 cm³/mol. The van der Waals surface area contributed by atoms with Gasteiger partial charge >= 0.3 is 5.97 Å². The molecule has 1 fully saturated rings. The summed E-state index contributed by atoms with van der Waals surface area (Å²) in [6, 6.07) is 19.9. The number of carboxylic acids is 1. The van der Waals surface area contributed by atoms with Crippen molar-refractivity contribution >= 4 is 46.5 Å². The summed E-state index contributed by atoms with van der Waals surface area (Å²) in [5.74, 6) is -2.50. The maximum atomic E-state index is 16.2. The zero-order valence-electron chi connectivity index (χ0n) is 25.7. The average molecular weight is 662 g/mol. The van der Waals surface area contributed by atoms with E-state index in [4.69, 9.17) is 23.2 Å². The number of fused-ring (bicyclic) bond motifs is 2. The van der Waals surface area contributed by atoms with E-state index in [0.29, 0.717) is 35.8 Å². The van der Waals surface area contributed by atoms with Crippen molar-refractivity contribution in [3.05, 3.63) is 123 Å². The van der Waals surface area contributed by atoms with E-state index in [0.717, 1.165) is 16.8 Å². The highest BCUT2D eigenvalue weighted by Crippen LogP contribution is 2.58. The maximum absolute atomic E-state index is 16.2. The Hall–Kier alpha value is -3.98. The van der Waals surface area contributed by atoms with Crippen molar-refractivity contribution in [1.82, 2.24) is 10.3 Å². The first-order valence-corrected chi connectivity index (χ1v) is 15.9. The van der Waals surface area contributed by atoms with Gasteiger partial charge in [0.15, 0.2) is 0 Å². The molecule has 0 aliphatic carbocycles. The number of benzene rings is 3. The molecule has 3 N–H and O–H groups in total. The summed E-state index contributed by atoms with van der Waals surface area (Å²) in [4.78, 5) is 32.1. The fourth-order valence-electron chi connectivity index (χ4n) is 7.25. The maximum Gasteiger partial charge on any atom is 0.335 e. The van der Waals surface area contributed by atoms with Crippen LogP contribution in [0.3, 0.4) is 0 Å². The number of aromatic nitrogens is 1. The first kappa shape index (κ1) is 32.0. The molecule has 238 valence electrons. The number of hydrogen-bond donors (Lipinski definition) is 3. The van der Waals surface area contributed by atoms with Gasteiger partial charge in [0.2, 0.25) is 5.91 Å². The number of anilines is 2. The summed E-state index contributed by atoms with van der Waals surface area (Å²) in [6.07, 6.45) is 3.90. The summed E-state index contributed by atoms with van der Waals surface area (Å²) >= 11 is 13.0. The van der Waals surface area contributed by atoms with E-state index in [1.54, 1.807) is 60.9 Å². The van der Waals surface area contributed by atoms with Crippen molar-refractivity contribution in [3.63, 3.8) is 0 Å². The molecule has 1 aromatic heterocycles. The normalized spacial score (nSPS) is 22.2. The standard InChI is InChI=1S/C36H35Cl2FN4O3/c1-35(2,3)17-29-36(20-43(28-16-23(37)13-14-26(28)36)19-21-9-11-22(12-10-21)34(45)46)30(25-7-4-8-27(38)31(25)39)32(42-29)33(44)41-24-6-5-15-40-18-24/h4-16,18,29-30,32,42H,17,19-20H2,1-3H3,(H,41,44)(H,45,46)/t29-,30-,32+,36-/m0/s1. The third kappa shape index (κ3) is 5.97. The third-order valence-corrected chi connectivity index (χ3v) is 9.59. The molecule has 2 aliphatic heterocycles. The summed E-state index contributed by atoms with van der Waals surface area (Å²) in [6.45, 7) is 7.36. The lowest BCUT2D eigenvalue weighted by Crippen LogP contribution is -2.48. The number of amides is 1. The summed E-state index contributed by atoms with van der Waals surface area (Å²) < 4.78 is 16.2. The molecule has 0 bridgehead atoms. The first-order valence-electron chi connectivity index (χ1n) is 15.2. The minimum atomic E-state index is -0.993. The Morgan fingerprint density at radius 1 is 1.09 bits per heavy atom. The first-order chi connectivity index (χ1) is 21.9. The van der Waals surface area contributed by atoms with Crippen LogP contribution in [0.2, 0.25) is 10.0 Å². The van der Waals surface area contributed by atoms with Crippen LogP contribution >= 0.6 is 23.2 Å². The van der Waals surface area contributed by atoms with E-state index in [2.05, 4.69) is 41.3 Å². The fourth-order valence-corrected chi connectivity index (χ4v) is 7.60. The van der Waals surface area contributed by atoms with Gasteiger partial charge in [0.1, 0.15) is 5.82 Å². The van der Waals surface area contributed by atoms with Gasteiger partial charge in [-0.25, -0.2) is 9.18 Å². The molecule has 7 nitrogen and oxygen atoms in total. The Kier molecular flexibility index (Phi) is 8.57. The van der Waals surface area contributed by atoms with Crippen molar-refractivity contribution < 1.29 is 19.1 Å². The van der Waals surface area contributed by atoms with E-state index >= 15 is 4.39 Å². The number of hydrogen-bond acceptors (Lipinski definition) is 5. The molecule has 0 saturated carbocycles. The van der Waals surface area contributed by atoms with Crippen molar-refractivity contribution in [1.29, 1.82) is 0 Å². The van der Waals surface area contributed by atoms with Gasteiger partial charge in [0, 0.05) is 47.4 Å². The van der Waals surface area contributed by atoms with Crippen LogP contribution in [0, 0.1) is 11.2 Å². The fraction of sp³-hybridized carbons (Fsp3) is 0.306. The molecule has 1 saturated heterocycles. The zero-order chi connectivity index (χ0) is 32.8. The molecule has 4 atom stereocenters. The number of halogens is 3. The highest BCUT2D eigenvalue weighted by Gasteiger charge is 2.63. The molecule has 0 radical (unpaired) electrons. The molecule has 1 amide bonds. The van der Waals surface area contributed by atoms with Gasteiger partial charge in [-0.2, -0.15) is 0 Å². The number of carbonyl (C=O) groups is 2. The predicted octanol–water partition coefficient (Wildman–Crippen LogP) is 7.68. The van der Waals surface area contributed by atoms with E-state index < -0.39 is 29.2 Å². The smallest absolute Gasteiger partial charge is 0.335 e. The lowest BCUT2D eigenvalue weighted by atomic mass is 9.63. The Balaban J connectivity index is 1.53. The Morgan fingerprint density at radius 2 is 1.85 bits per heavy atom. The van der Waals surface area contributed by atoms with E-state index in [-0.39, 0.29) is 28.0 Å².